The number of anilines is 1. The topological polar surface area (TPSA) is 118 Å². The molecule has 11 heteroatoms. The Labute approximate surface area is 238 Å². The molecule has 0 aliphatic carbocycles. The van der Waals surface area contributed by atoms with Gasteiger partial charge in [-0.3, -0.25) is 14.5 Å². The van der Waals surface area contributed by atoms with Crippen LogP contribution in [0.1, 0.15) is 11.1 Å². The summed E-state index contributed by atoms with van der Waals surface area (Å²) >= 11 is 5.57. The highest BCUT2D eigenvalue weighted by Gasteiger charge is 2.18. The molecule has 5 rings (SSSR count). The van der Waals surface area contributed by atoms with E-state index in [1.54, 1.807) is 0 Å². The third-order valence-electron chi connectivity index (χ3n) is 7.32. The van der Waals surface area contributed by atoms with Crippen LogP contribution in [0, 0.1) is 0 Å². The largest absolute Gasteiger partial charge is 0.480 e. The first-order valence-electron chi connectivity index (χ1n) is 13.5. The number of carboxylic acids is 1. The average molecular weight is 562 g/mol. The number of piperazine rings is 1. The Kier molecular flexibility index (Phi) is 8.63. The second kappa shape index (κ2) is 12.5. The minimum absolute atomic E-state index is 0.0310. The maximum absolute atomic E-state index is 12.5. The quantitative estimate of drug-likeness (QED) is 0.188. The van der Waals surface area contributed by atoms with Crippen LogP contribution in [0.4, 0.5) is 5.69 Å². The molecule has 1 fully saturated rings. The standard InChI is InChI=1S/C29H35N7O3S/c1-34-10-12-35(13-11-34)17-21-18-36(19-27(37)32-16-28(38)39)26-14-22(6-7-24(21)26)33-29(40)30-9-8-20-15-31-25-5-3-2-4-23(20)25/h2-7,14-15,18,31H,8-13,16-17,19H2,1H3,(H,32,37)(H,38,39)(H2,30,33,40). The number of likely N-dealkylation sites (N-methyl/N-ethyl adjacent to an activating group) is 1. The Hall–Kier alpha value is -3.93. The lowest BCUT2D eigenvalue weighted by molar-refractivity contribution is -0.138. The van der Waals surface area contributed by atoms with Crippen molar-refractivity contribution in [2.24, 2.45) is 0 Å². The highest BCUT2D eigenvalue weighted by atomic mass is 32.1. The minimum atomic E-state index is -1.07. The average Bonchev–Trinajstić information content (AvgIpc) is 3.50. The molecule has 2 aromatic heterocycles. The van der Waals surface area contributed by atoms with Gasteiger partial charge in [-0.2, -0.15) is 0 Å². The number of aromatic amines is 1. The highest BCUT2D eigenvalue weighted by molar-refractivity contribution is 7.80. The van der Waals surface area contributed by atoms with Crippen LogP contribution in [-0.2, 0) is 29.1 Å². The number of carbonyl (C=O) groups is 2. The summed E-state index contributed by atoms with van der Waals surface area (Å²) in [6.07, 6.45) is 4.87. The number of nitrogens with zero attached hydrogens (tertiary/aromatic N) is 3. The smallest absolute Gasteiger partial charge is 0.322 e. The molecule has 1 saturated heterocycles. The summed E-state index contributed by atoms with van der Waals surface area (Å²) in [5.41, 5.74) is 5.20. The molecule has 3 heterocycles. The molecule has 1 aliphatic rings. The summed E-state index contributed by atoms with van der Waals surface area (Å²) < 4.78 is 1.89. The van der Waals surface area contributed by atoms with Gasteiger partial charge in [-0.25, -0.2) is 0 Å². The van der Waals surface area contributed by atoms with E-state index in [-0.39, 0.29) is 12.5 Å². The van der Waals surface area contributed by atoms with Gasteiger partial charge in [-0.15, -0.1) is 0 Å². The number of benzene rings is 2. The molecule has 210 valence electrons. The van der Waals surface area contributed by atoms with E-state index < -0.39 is 12.5 Å². The van der Waals surface area contributed by atoms with E-state index in [1.807, 2.05) is 41.2 Å². The third-order valence-corrected chi connectivity index (χ3v) is 7.56. The van der Waals surface area contributed by atoms with E-state index in [4.69, 9.17) is 17.3 Å². The Morgan fingerprint density at radius 2 is 1.82 bits per heavy atom. The van der Waals surface area contributed by atoms with Crippen molar-refractivity contribution in [3.63, 3.8) is 0 Å². The molecule has 0 radical (unpaired) electrons. The molecule has 5 N–H and O–H groups in total. The number of nitrogens with one attached hydrogen (secondary N) is 4. The lowest BCUT2D eigenvalue weighted by atomic mass is 10.1. The number of aromatic nitrogens is 2. The zero-order valence-electron chi connectivity index (χ0n) is 22.6. The van der Waals surface area contributed by atoms with E-state index in [1.165, 1.54) is 10.9 Å². The van der Waals surface area contributed by atoms with Gasteiger partial charge < -0.3 is 35.5 Å². The van der Waals surface area contributed by atoms with E-state index in [0.29, 0.717) is 11.7 Å². The molecule has 1 aliphatic heterocycles. The van der Waals surface area contributed by atoms with Gasteiger partial charge in [0, 0.05) is 73.6 Å². The van der Waals surface area contributed by atoms with Crippen LogP contribution in [0.5, 0.6) is 0 Å². The number of hydrogen-bond acceptors (Lipinski definition) is 5. The Balaban J connectivity index is 1.27. The first-order valence-corrected chi connectivity index (χ1v) is 13.9. The van der Waals surface area contributed by atoms with E-state index in [2.05, 4.69) is 56.0 Å². The van der Waals surface area contributed by atoms with Crippen LogP contribution in [-0.4, -0.2) is 87.8 Å². The summed E-state index contributed by atoms with van der Waals surface area (Å²) in [5.74, 6) is -1.42. The predicted molar refractivity (Wildman–Crippen MR) is 162 cm³/mol. The number of H-pyrrole nitrogens is 1. The van der Waals surface area contributed by atoms with Gasteiger partial charge in [0.25, 0.3) is 0 Å². The maximum Gasteiger partial charge on any atom is 0.322 e. The number of para-hydroxylation sites is 1. The number of rotatable bonds is 10. The van der Waals surface area contributed by atoms with E-state index >= 15 is 0 Å². The Morgan fingerprint density at radius 1 is 1.02 bits per heavy atom. The van der Waals surface area contributed by atoms with Crippen molar-refractivity contribution in [1.82, 2.24) is 30.0 Å². The minimum Gasteiger partial charge on any atom is -0.480 e. The van der Waals surface area contributed by atoms with Crippen molar-refractivity contribution >= 4 is 56.7 Å². The number of thiocarbonyl (C=S) groups is 1. The van der Waals surface area contributed by atoms with Gasteiger partial charge in [0.2, 0.25) is 5.91 Å². The molecule has 1 amide bonds. The van der Waals surface area contributed by atoms with Gasteiger partial charge in [0.15, 0.2) is 5.11 Å². The van der Waals surface area contributed by atoms with Crippen LogP contribution in [0.2, 0.25) is 0 Å². The van der Waals surface area contributed by atoms with Crippen molar-refractivity contribution in [1.29, 1.82) is 0 Å². The van der Waals surface area contributed by atoms with Crippen LogP contribution < -0.4 is 16.0 Å². The number of carboxylic acid groups (broad SMARTS) is 1. The van der Waals surface area contributed by atoms with Crippen molar-refractivity contribution in [2.75, 3.05) is 51.6 Å². The van der Waals surface area contributed by atoms with Gasteiger partial charge in [0.05, 0.1) is 5.52 Å². The zero-order chi connectivity index (χ0) is 28.1. The first kappa shape index (κ1) is 27.6. The molecule has 0 saturated carbocycles. The fourth-order valence-corrected chi connectivity index (χ4v) is 5.38. The number of carbonyl (C=O) groups excluding carboxylic acids is 1. The number of fused-ring (bicyclic) bond motifs is 2. The van der Waals surface area contributed by atoms with Gasteiger partial charge in [-0.1, -0.05) is 24.3 Å². The van der Waals surface area contributed by atoms with E-state index in [0.717, 1.165) is 66.8 Å². The van der Waals surface area contributed by atoms with Crippen LogP contribution in [0.15, 0.2) is 54.9 Å². The predicted octanol–water partition coefficient (Wildman–Crippen LogP) is 2.60. The van der Waals surface area contributed by atoms with Crippen LogP contribution in [0.25, 0.3) is 21.8 Å². The van der Waals surface area contributed by atoms with Gasteiger partial charge in [0.1, 0.15) is 13.1 Å². The van der Waals surface area contributed by atoms with Crippen molar-refractivity contribution in [3.8, 4) is 0 Å². The Bertz CT molecular complexity index is 1520. The molecule has 4 aromatic rings. The summed E-state index contributed by atoms with van der Waals surface area (Å²) in [6, 6.07) is 14.3. The number of aliphatic carboxylic acids is 1. The fourth-order valence-electron chi connectivity index (χ4n) is 5.16. The normalized spacial score (nSPS) is 14.4. The zero-order valence-corrected chi connectivity index (χ0v) is 23.4. The second-order valence-corrected chi connectivity index (χ2v) is 10.7. The molecular formula is C29H35N7O3S. The summed E-state index contributed by atoms with van der Waals surface area (Å²) in [5, 5.41) is 20.8. The van der Waals surface area contributed by atoms with Crippen molar-refractivity contribution in [3.05, 3.63) is 66.0 Å². The van der Waals surface area contributed by atoms with Crippen LogP contribution in [0.3, 0.4) is 0 Å². The fraction of sp³-hybridized carbons (Fsp3) is 0.345. The molecule has 10 nitrogen and oxygen atoms in total. The molecule has 0 unspecified atom stereocenters. The molecule has 2 aromatic carbocycles. The second-order valence-electron chi connectivity index (χ2n) is 10.3. The molecule has 0 bridgehead atoms. The number of hydrogen-bond donors (Lipinski definition) is 5. The van der Waals surface area contributed by atoms with Crippen molar-refractivity contribution in [2.45, 2.75) is 19.5 Å². The third kappa shape index (κ3) is 6.79. The molecule has 0 atom stereocenters. The lowest BCUT2D eigenvalue weighted by Crippen LogP contribution is -2.43. The van der Waals surface area contributed by atoms with Gasteiger partial charge >= 0.3 is 5.97 Å². The summed E-state index contributed by atoms with van der Waals surface area (Å²) in [7, 11) is 2.13. The van der Waals surface area contributed by atoms with Gasteiger partial charge in [-0.05, 0) is 55.0 Å². The SMILES string of the molecule is CN1CCN(Cc2cn(CC(=O)NCC(=O)O)c3cc(NC(=S)NCCc4c[nH]c5ccccc45)ccc23)CC1. The van der Waals surface area contributed by atoms with Crippen molar-refractivity contribution < 1.29 is 14.7 Å². The molecule has 40 heavy (non-hydrogen) atoms. The monoisotopic (exact) mass is 561 g/mol. The maximum atomic E-state index is 12.5. The highest BCUT2D eigenvalue weighted by Crippen LogP contribution is 2.27. The van der Waals surface area contributed by atoms with Crippen LogP contribution >= 0.6 is 12.2 Å². The Morgan fingerprint density at radius 3 is 2.62 bits per heavy atom. The summed E-state index contributed by atoms with van der Waals surface area (Å²) in [6.45, 7) is 5.12. The van der Waals surface area contributed by atoms with E-state index in [9.17, 15) is 9.59 Å². The molecular weight excluding hydrogens is 526 g/mol. The first-order chi connectivity index (χ1) is 19.4. The molecule has 0 spiro atoms. The number of amides is 1. The lowest BCUT2D eigenvalue weighted by Gasteiger charge is -2.32. The summed E-state index contributed by atoms with van der Waals surface area (Å²) in [4.78, 5) is 31.4.